The second kappa shape index (κ2) is 4.28. The summed E-state index contributed by atoms with van der Waals surface area (Å²) in [5.74, 6) is 0.164. The molecule has 0 amide bonds. The summed E-state index contributed by atoms with van der Waals surface area (Å²) >= 11 is 0. The van der Waals surface area contributed by atoms with Crippen LogP contribution in [0.5, 0.6) is 5.88 Å². The molecule has 6 heteroatoms. The van der Waals surface area contributed by atoms with Gasteiger partial charge >= 0.3 is 0 Å². The van der Waals surface area contributed by atoms with Crippen LogP contribution >= 0.6 is 0 Å². The fraction of sp³-hybridized carbons (Fsp3) is 0.333. The normalized spacial score (nSPS) is 10.7. The first-order valence-corrected chi connectivity index (χ1v) is 5.88. The third kappa shape index (κ3) is 2.25. The lowest BCUT2D eigenvalue weighted by atomic mass is 10.4. The Hall–Kier alpha value is -1.61. The van der Waals surface area contributed by atoms with E-state index in [1.807, 2.05) is 0 Å². The van der Waals surface area contributed by atoms with Gasteiger partial charge in [0.15, 0.2) is 15.5 Å². The van der Waals surface area contributed by atoms with Crippen LogP contribution in [-0.4, -0.2) is 26.3 Å². The summed E-state index contributed by atoms with van der Waals surface area (Å²) < 4.78 is 27.9. The van der Waals surface area contributed by atoms with E-state index in [1.165, 1.54) is 26.2 Å². The lowest BCUT2D eigenvalue weighted by Gasteiger charge is -2.04. The molecule has 0 unspecified atom stereocenters. The van der Waals surface area contributed by atoms with Crippen molar-refractivity contribution in [1.29, 1.82) is 5.26 Å². The largest absolute Gasteiger partial charge is 0.481 e. The Morgan fingerprint density at radius 1 is 1.53 bits per heavy atom. The van der Waals surface area contributed by atoms with Crippen LogP contribution in [0.1, 0.15) is 12.6 Å². The van der Waals surface area contributed by atoms with Crippen LogP contribution < -0.4 is 4.74 Å². The minimum Gasteiger partial charge on any atom is -0.481 e. The average Bonchev–Trinajstić information content (AvgIpc) is 2.28. The number of hydrogen-bond acceptors (Lipinski definition) is 5. The van der Waals surface area contributed by atoms with E-state index in [9.17, 15) is 8.42 Å². The Kier molecular flexibility index (Phi) is 3.27. The maximum atomic E-state index is 11.5. The molecule has 1 aromatic rings. The zero-order chi connectivity index (χ0) is 11.5. The molecule has 5 nitrogen and oxygen atoms in total. The molecule has 0 spiro atoms. The van der Waals surface area contributed by atoms with Crippen LogP contribution in [-0.2, 0) is 9.84 Å². The zero-order valence-corrected chi connectivity index (χ0v) is 9.21. The number of sulfone groups is 1. The Balaban J connectivity index is 3.40. The van der Waals surface area contributed by atoms with Crippen molar-refractivity contribution in [3.05, 3.63) is 17.8 Å². The van der Waals surface area contributed by atoms with Crippen molar-refractivity contribution in [2.45, 2.75) is 11.8 Å². The van der Waals surface area contributed by atoms with E-state index in [-0.39, 0.29) is 22.2 Å². The van der Waals surface area contributed by atoms with Gasteiger partial charge in [0.25, 0.3) is 0 Å². The van der Waals surface area contributed by atoms with Crippen LogP contribution in [0.2, 0.25) is 0 Å². The molecule has 1 rings (SSSR count). The molecule has 0 radical (unpaired) electrons. The predicted molar refractivity (Wildman–Crippen MR) is 53.2 cm³/mol. The molecule has 0 aliphatic heterocycles. The van der Waals surface area contributed by atoms with E-state index < -0.39 is 9.84 Å². The maximum absolute atomic E-state index is 11.5. The number of nitriles is 1. The fourth-order valence-corrected chi connectivity index (χ4v) is 2.00. The minimum absolute atomic E-state index is 0.0479. The van der Waals surface area contributed by atoms with Crippen LogP contribution in [0.4, 0.5) is 0 Å². The molecule has 0 atom stereocenters. The van der Waals surface area contributed by atoms with Crippen molar-refractivity contribution < 1.29 is 13.2 Å². The molecule has 0 fully saturated rings. The summed E-state index contributed by atoms with van der Waals surface area (Å²) in [6.07, 6.45) is 0. The van der Waals surface area contributed by atoms with Crippen molar-refractivity contribution >= 4 is 9.84 Å². The first-order valence-electron chi connectivity index (χ1n) is 4.23. The number of pyridine rings is 1. The Labute approximate surface area is 88.2 Å². The van der Waals surface area contributed by atoms with E-state index in [0.717, 1.165) is 0 Å². The van der Waals surface area contributed by atoms with Crippen molar-refractivity contribution in [3.63, 3.8) is 0 Å². The maximum Gasteiger partial charge on any atom is 0.214 e. The topological polar surface area (TPSA) is 80.1 Å². The number of rotatable bonds is 3. The van der Waals surface area contributed by atoms with Crippen LogP contribution in [0.25, 0.3) is 0 Å². The van der Waals surface area contributed by atoms with Crippen molar-refractivity contribution in [2.75, 3.05) is 12.9 Å². The predicted octanol–water partition coefficient (Wildman–Crippen LogP) is 0.755. The highest BCUT2D eigenvalue weighted by atomic mass is 32.2. The molecule has 15 heavy (non-hydrogen) atoms. The lowest BCUT2D eigenvalue weighted by molar-refractivity contribution is 0.396. The van der Waals surface area contributed by atoms with Crippen molar-refractivity contribution in [1.82, 2.24) is 4.98 Å². The molecule has 0 aliphatic carbocycles. The van der Waals surface area contributed by atoms with Gasteiger partial charge < -0.3 is 4.74 Å². The molecule has 1 heterocycles. The fourth-order valence-electron chi connectivity index (χ4n) is 1.03. The van der Waals surface area contributed by atoms with Gasteiger partial charge in [0.2, 0.25) is 5.88 Å². The molecular formula is C9H10N2O3S. The highest BCUT2D eigenvalue weighted by molar-refractivity contribution is 7.91. The molecule has 1 aromatic heterocycles. The zero-order valence-electron chi connectivity index (χ0n) is 8.39. The van der Waals surface area contributed by atoms with E-state index in [0.29, 0.717) is 0 Å². The van der Waals surface area contributed by atoms with Gasteiger partial charge in [-0.05, 0) is 6.07 Å². The van der Waals surface area contributed by atoms with E-state index >= 15 is 0 Å². The number of nitrogens with zero attached hydrogens (tertiary/aromatic N) is 2. The SMILES string of the molecule is CCS(=O)(=O)c1ccc(OC)nc1C#N. The molecule has 80 valence electrons. The minimum atomic E-state index is -3.41. The number of ether oxygens (including phenoxy) is 1. The smallest absolute Gasteiger partial charge is 0.214 e. The second-order valence-electron chi connectivity index (χ2n) is 2.72. The van der Waals surface area contributed by atoms with E-state index in [1.54, 1.807) is 6.07 Å². The number of methoxy groups -OCH3 is 1. The average molecular weight is 226 g/mol. The molecule has 0 aliphatic rings. The highest BCUT2D eigenvalue weighted by Crippen LogP contribution is 2.18. The van der Waals surface area contributed by atoms with Gasteiger partial charge in [0.05, 0.1) is 12.9 Å². The third-order valence-electron chi connectivity index (χ3n) is 1.86. The number of aromatic nitrogens is 1. The van der Waals surface area contributed by atoms with Crippen molar-refractivity contribution in [3.8, 4) is 11.9 Å². The molecule has 0 saturated heterocycles. The summed E-state index contributed by atoms with van der Waals surface area (Å²) in [4.78, 5) is 3.71. The molecule has 0 saturated carbocycles. The third-order valence-corrected chi connectivity index (χ3v) is 3.62. The van der Waals surface area contributed by atoms with Gasteiger partial charge in [-0.3, -0.25) is 0 Å². The first kappa shape index (κ1) is 11.5. The second-order valence-corrected chi connectivity index (χ2v) is 4.96. The monoisotopic (exact) mass is 226 g/mol. The summed E-state index contributed by atoms with van der Waals surface area (Å²) in [5, 5.41) is 8.76. The summed E-state index contributed by atoms with van der Waals surface area (Å²) in [6, 6.07) is 4.50. The number of hydrogen-bond donors (Lipinski definition) is 0. The summed E-state index contributed by atoms with van der Waals surface area (Å²) in [6.45, 7) is 1.51. The summed E-state index contributed by atoms with van der Waals surface area (Å²) in [7, 11) is -2.01. The van der Waals surface area contributed by atoms with Gasteiger partial charge in [-0.25, -0.2) is 13.4 Å². The molecule has 0 bridgehead atoms. The van der Waals surface area contributed by atoms with E-state index in [2.05, 4.69) is 4.98 Å². The van der Waals surface area contributed by atoms with Crippen LogP contribution in [0, 0.1) is 11.3 Å². The Morgan fingerprint density at radius 3 is 2.67 bits per heavy atom. The Bertz CT molecular complexity index is 503. The molecular weight excluding hydrogens is 216 g/mol. The van der Waals surface area contributed by atoms with Gasteiger partial charge in [0.1, 0.15) is 11.0 Å². The molecule has 0 N–H and O–H groups in total. The highest BCUT2D eigenvalue weighted by Gasteiger charge is 2.18. The van der Waals surface area contributed by atoms with Crippen molar-refractivity contribution in [2.24, 2.45) is 0 Å². The standard InChI is InChI=1S/C9H10N2O3S/c1-3-15(12,13)8-4-5-9(14-2)11-7(8)6-10/h4-5H,3H2,1-2H3. The van der Waals surface area contributed by atoms with Crippen LogP contribution in [0.15, 0.2) is 17.0 Å². The lowest BCUT2D eigenvalue weighted by Crippen LogP contribution is -2.07. The van der Waals surface area contributed by atoms with Gasteiger partial charge in [-0.2, -0.15) is 5.26 Å². The van der Waals surface area contributed by atoms with Gasteiger partial charge in [0, 0.05) is 6.07 Å². The molecule has 0 aromatic carbocycles. The quantitative estimate of drug-likeness (QED) is 0.760. The van der Waals surface area contributed by atoms with E-state index in [4.69, 9.17) is 10.00 Å². The Morgan fingerprint density at radius 2 is 2.20 bits per heavy atom. The van der Waals surface area contributed by atoms with Gasteiger partial charge in [-0.15, -0.1) is 0 Å². The summed E-state index contributed by atoms with van der Waals surface area (Å²) in [5.41, 5.74) is -0.129. The van der Waals surface area contributed by atoms with Crippen LogP contribution in [0.3, 0.4) is 0 Å². The first-order chi connectivity index (χ1) is 7.05. The van der Waals surface area contributed by atoms with Gasteiger partial charge in [-0.1, -0.05) is 6.92 Å².